The summed E-state index contributed by atoms with van der Waals surface area (Å²) in [6.45, 7) is 2.06. The van der Waals surface area contributed by atoms with Crippen molar-refractivity contribution in [2.45, 2.75) is 32.3 Å². The molecule has 2 heteroatoms. The molecule has 0 aromatic heterocycles. The number of rotatable bonds is 1. The maximum absolute atomic E-state index is 11.5. The molecule has 0 amide bonds. The van der Waals surface area contributed by atoms with Crippen molar-refractivity contribution < 1.29 is 9.47 Å². The van der Waals surface area contributed by atoms with Crippen molar-refractivity contribution in [3.05, 3.63) is 11.6 Å². The van der Waals surface area contributed by atoms with Gasteiger partial charge in [0.25, 0.3) is 0 Å². The molecule has 0 saturated carbocycles. The van der Waals surface area contributed by atoms with Crippen molar-refractivity contribution >= 4 is 0 Å². The normalized spacial score (nSPS) is 27.8. The van der Waals surface area contributed by atoms with Crippen LogP contribution in [0.15, 0.2) is 11.6 Å². The standard InChI is InChI=1S/C7H11FO/c1-6-2-4-7(9-8)5-3-6/h2,7H,3-5H2,1H3. The number of allylic oxidation sites excluding steroid dienone is 1. The van der Waals surface area contributed by atoms with E-state index in [1.54, 1.807) is 0 Å². The molecule has 0 aliphatic heterocycles. The van der Waals surface area contributed by atoms with Crippen molar-refractivity contribution in [1.82, 2.24) is 0 Å². The quantitative estimate of drug-likeness (QED) is 0.495. The van der Waals surface area contributed by atoms with Gasteiger partial charge in [-0.3, -0.25) is 0 Å². The third kappa shape index (κ3) is 1.79. The minimum absolute atomic E-state index is 0.173. The molecule has 0 N–H and O–H groups in total. The molecule has 0 heterocycles. The monoisotopic (exact) mass is 130 g/mol. The summed E-state index contributed by atoms with van der Waals surface area (Å²) in [5, 5.41) is 0. The lowest BCUT2D eigenvalue weighted by molar-refractivity contribution is -0.180. The summed E-state index contributed by atoms with van der Waals surface area (Å²) in [6.07, 6.45) is 4.41. The van der Waals surface area contributed by atoms with Crippen LogP contribution in [0.5, 0.6) is 0 Å². The summed E-state index contributed by atoms with van der Waals surface area (Å²) < 4.78 is 11.5. The molecule has 0 aromatic carbocycles. The Morgan fingerprint density at radius 3 is 3.00 bits per heavy atom. The molecule has 9 heavy (non-hydrogen) atoms. The summed E-state index contributed by atoms with van der Waals surface area (Å²) in [4.78, 5) is 3.69. The lowest BCUT2D eigenvalue weighted by Crippen LogP contribution is -2.10. The molecule has 1 unspecified atom stereocenters. The van der Waals surface area contributed by atoms with Crippen LogP contribution < -0.4 is 0 Å². The molecule has 0 spiro atoms. The van der Waals surface area contributed by atoms with Crippen molar-refractivity contribution in [3.63, 3.8) is 0 Å². The van der Waals surface area contributed by atoms with Crippen LogP contribution >= 0.6 is 0 Å². The Morgan fingerprint density at radius 2 is 2.56 bits per heavy atom. The molecule has 1 aliphatic rings. The zero-order valence-corrected chi connectivity index (χ0v) is 5.56. The summed E-state index contributed by atoms with van der Waals surface area (Å²) in [7, 11) is 0. The summed E-state index contributed by atoms with van der Waals surface area (Å²) in [5.41, 5.74) is 1.35. The Hall–Kier alpha value is -0.370. The molecule has 0 aromatic rings. The van der Waals surface area contributed by atoms with Gasteiger partial charge in [-0.1, -0.05) is 11.6 Å². The lowest BCUT2D eigenvalue weighted by Gasteiger charge is -2.14. The molecule has 1 atom stereocenters. The van der Waals surface area contributed by atoms with E-state index in [1.165, 1.54) is 5.57 Å². The van der Waals surface area contributed by atoms with Crippen molar-refractivity contribution in [2.24, 2.45) is 0 Å². The summed E-state index contributed by atoms with van der Waals surface area (Å²) >= 11 is 0. The van der Waals surface area contributed by atoms with Gasteiger partial charge in [0.1, 0.15) is 6.10 Å². The van der Waals surface area contributed by atoms with Gasteiger partial charge in [-0.25, -0.2) is 0 Å². The van der Waals surface area contributed by atoms with Gasteiger partial charge in [-0.05, 0) is 30.7 Å². The van der Waals surface area contributed by atoms with Crippen LogP contribution in [0.4, 0.5) is 4.53 Å². The van der Waals surface area contributed by atoms with Gasteiger partial charge in [0.05, 0.1) is 0 Å². The smallest absolute Gasteiger partial charge is 0.102 e. The highest BCUT2D eigenvalue weighted by atomic mass is 19.3. The molecular formula is C7H11FO. The van der Waals surface area contributed by atoms with Gasteiger partial charge in [-0.2, -0.15) is 4.94 Å². The Labute approximate surface area is 54.4 Å². The maximum Gasteiger partial charge on any atom is 0.102 e. The van der Waals surface area contributed by atoms with Crippen LogP contribution in [0.2, 0.25) is 0 Å². The van der Waals surface area contributed by atoms with Crippen LogP contribution in [-0.4, -0.2) is 6.10 Å². The lowest BCUT2D eigenvalue weighted by atomic mass is 9.99. The number of hydrogen-bond acceptors (Lipinski definition) is 1. The Bertz CT molecular complexity index is 120. The predicted octanol–water partition coefficient (Wildman–Crippen LogP) is 2.39. The van der Waals surface area contributed by atoms with E-state index in [2.05, 4.69) is 11.9 Å². The Balaban J connectivity index is 2.36. The molecule has 0 saturated heterocycles. The van der Waals surface area contributed by atoms with Crippen molar-refractivity contribution in [1.29, 1.82) is 0 Å². The van der Waals surface area contributed by atoms with Crippen LogP contribution in [-0.2, 0) is 4.94 Å². The van der Waals surface area contributed by atoms with Gasteiger partial charge < -0.3 is 0 Å². The Morgan fingerprint density at radius 1 is 1.78 bits per heavy atom. The highest BCUT2D eigenvalue weighted by molar-refractivity contribution is 5.03. The molecule has 1 rings (SSSR count). The molecule has 1 nitrogen and oxygen atoms in total. The van der Waals surface area contributed by atoms with E-state index in [1.807, 2.05) is 6.08 Å². The van der Waals surface area contributed by atoms with E-state index in [0.29, 0.717) is 0 Å². The van der Waals surface area contributed by atoms with Crippen molar-refractivity contribution in [3.8, 4) is 0 Å². The highest BCUT2D eigenvalue weighted by Crippen LogP contribution is 2.19. The SMILES string of the molecule is CC1=CCC(OF)CC1. The molecule has 1 aliphatic carbocycles. The fourth-order valence-electron chi connectivity index (χ4n) is 1.02. The molecular weight excluding hydrogens is 119 g/mol. The molecule has 0 fully saturated rings. The Kier molecular flexibility index (Phi) is 2.22. The van der Waals surface area contributed by atoms with Gasteiger partial charge in [0.15, 0.2) is 0 Å². The fraction of sp³-hybridized carbons (Fsp3) is 0.714. The van der Waals surface area contributed by atoms with Crippen LogP contribution in [0.3, 0.4) is 0 Å². The zero-order chi connectivity index (χ0) is 6.69. The minimum atomic E-state index is -0.173. The average Bonchev–Trinajstić information content (AvgIpc) is 1.90. The third-order valence-electron chi connectivity index (χ3n) is 1.72. The second-order valence-corrected chi connectivity index (χ2v) is 2.54. The fourth-order valence-corrected chi connectivity index (χ4v) is 1.02. The zero-order valence-electron chi connectivity index (χ0n) is 5.56. The maximum atomic E-state index is 11.5. The van der Waals surface area contributed by atoms with E-state index in [9.17, 15) is 4.53 Å². The molecule has 52 valence electrons. The average molecular weight is 130 g/mol. The first kappa shape index (κ1) is 6.75. The van der Waals surface area contributed by atoms with E-state index >= 15 is 0 Å². The molecule has 0 radical (unpaired) electrons. The summed E-state index contributed by atoms with van der Waals surface area (Å²) in [5.74, 6) is 0. The third-order valence-corrected chi connectivity index (χ3v) is 1.72. The van der Waals surface area contributed by atoms with Gasteiger partial charge in [-0.15, -0.1) is 0 Å². The second-order valence-electron chi connectivity index (χ2n) is 2.54. The van der Waals surface area contributed by atoms with E-state index in [-0.39, 0.29) is 6.10 Å². The predicted molar refractivity (Wildman–Crippen MR) is 33.6 cm³/mol. The van der Waals surface area contributed by atoms with Crippen LogP contribution in [0, 0.1) is 0 Å². The topological polar surface area (TPSA) is 9.23 Å². The van der Waals surface area contributed by atoms with Crippen LogP contribution in [0.25, 0.3) is 0 Å². The molecule has 0 bridgehead atoms. The van der Waals surface area contributed by atoms with E-state index in [0.717, 1.165) is 19.3 Å². The first-order valence-electron chi connectivity index (χ1n) is 3.26. The van der Waals surface area contributed by atoms with Crippen LogP contribution in [0.1, 0.15) is 26.2 Å². The summed E-state index contributed by atoms with van der Waals surface area (Å²) in [6, 6.07) is 0. The minimum Gasteiger partial charge on any atom is -0.191 e. The van der Waals surface area contributed by atoms with Gasteiger partial charge >= 0.3 is 0 Å². The highest BCUT2D eigenvalue weighted by Gasteiger charge is 2.12. The number of hydrogen-bond donors (Lipinski definition) is 0. The second kappa shape index (κ2) is 2.97. The van der Waals surface area contributed by atoms with E-state index in [4.69, 9.17) is 0 Å². The van der Waals surface area contributed by atoms with E-state index < -0.39 is 0 Å². The largest absolute Gasteiger partial charge is 0.191 e. The van der Waals surface area contributed by atoms with Crippen molar-refractivity contribution in [2.75, 3.05) is 0 Å². The van der Waals surface area contributed by atoms with Gasteiger partial charge in [0, 0.05) is 0 Å². The first-order chi connectivity index (χ1) is 4.33. The number of halogens is 1. The first-order valence-corrected chi connectivity index (χ1v) is 3.26. The van der Waals surface area contributed by atoms with Gasteiger partial charge in [0.2, 0.25) is 0 Å².